The summed E-state index contributed by atoms with van der Waals surface area (Å²) in [6.07, 6.45) is 0. The van der Waals surface area contributed by atoms with Crippen LogP contribution in [-0.2, 0) is 6.14 Å². The molecule has 1 aromatic carbocycles. The summed E-state index contributed by atoms with van der Waals surface area (Å²) in [6, 6.07) is 4.33. The lowest BCUT2D eigenvalue weighted by molar-refractivity contribution is 0.610. The lowest BCUT2D eigenvalue weighted by Crippen LogP contribution is -1.74. The third-order valence-electron chi connectivity index (χ3n) is 1.05. The average Bonchev–Trinajstić information content (AvgIpc) is 1.85. The van der Waals surface area contributed by atoms with Gasteiger partial charge < -0.3 is 0 Å². The normalized spacial score (nSPS) is 10.5. The van der Waals surface area contributed by atoms with E-state index in [1.807, 2.05) is 0 Å². The zero-order valence-corrected chi connectivity index (χ0v) is 8.85. The molecule has 0 N–H and O–H groups in total. The van der Waals surface area contributed by atoms with Crippen LogP contribution in [0.3, 0.4) is 0 Å². The summed E-state index contributed by atoms with van der Waals surface area (Å²) in [7, 11) is 0. The quantitative estimate of drug-likeness (QED) is 0.589. The highest BCUT2D eigenvalue weighted by atomic mass is 127. The predicted molar refractivity (Wildman–Crippen MR) is 50.6 cm³/mol. The molecular formula is C6H3Cl2IO2. The highest BCUT2D eigenvalue weighted by Crippen LogP contribution is 2.28. The molecule has 0 radical (unpaired) electrons. The van der Waals surface area contributed by atoms with E-state index in [4.69, 9.17) is 23.2 Å². The first-order valence-corrected chi connectivity index (χ1v) is 6.21. The molecule has 0 aromatic heterocycles. The van der Waals surface area contributed by atoms with E-state index in [1.165, 1.54) is 18.2 Å². The van der Waals surface area contributed by atoms with Crippen molar-refractivity contribution in [2.45, 2.75) is 0 Å². The molecule has 0 atom stereocenters. The van der Waals surface area contributed by atoms with E-state index in [9.17, 15) is 6.14 Å². The van der Waals surface area contributed by atoms with Gasteiger partial charge in [-0.2, -0.15) is 0 Å². The van der Waals surface area contributed by atoms with Crippen LogP contribution in [0.15, 0.2) is 18.2 Å². The maximum atomic E-state index is 10.5. The fourth-order valence-electron chi connectivity index (χ4n) is 0.596. The van der Waals surface area contributed by atoms with Gasteiger partial charge in [-0.1, -0.05) is 23.2 Å². The molecule has 60 valence electrons. The topological polar surface area (TPSA) is 34.1 Å². The van der Waals surface area contributed by atoms with Crippen molar-refractivity contribution >= 4 is 43.0 Å². The highest BCUT2D eigenvalue weighted by molar-refractivity contribution is 14.2. The third kappa shape index (κ3) is 2.28. The van der Waals surface area contributed by atoms with Crippen molar-refractivity contribution in [1.82, 2.24) is 0 Å². The number of benzene rings is 1. The van der Waals surface area contributed by atoms with E-state index < -0.39 is 19.8 Å². The summed E-state index contributed by atoms with van der Waals surface area (Å²) in [5.41, 5.74) is 0. The lowest BCUT2D eigenvalue weighted by atomic mass is 10.4. The Labute approximate surface area is 80.6 Å². The van der Waals surface area contributed by atoms with Crippen molar-refractivity contribution in [3.05, 3.63) is 31.8 Å². The molecule has 11 heavy (non-hydrogen) atoms. The molecule has 0 aliphatic rings. The van der Waals surface area contributed by atoms with Gasteiger partial charge in [-0.05, 0) is 18.2 Å². The number of halogens is 3. The number of rotatable bonds is 1. The molecule has 0 amide bonds. The van der Waals surface area contributed by atoms with Crippen molar-refractivity contribution in [2.75, 3.05) is 0 Å². The van der Waals surface area contributed by atoms with Gasteiger partial charge in [0.25, 0.3) is 0 Å². The molecule has 1 aromatic rings. The summed E-state index contributed by atoms with van der Waals surface area (Å²) < 4.78 is 21.3. The molecule has 0 unspecified atom stereocenters. The van der Waals surface area contributed by atoms with Crippen molar-refractivity contribution in [2.24, 2.45) is 0 Å². The number of hydrogen-bond acceptors (Lipinski definition) is 2. The summed E-state index contributed by atoms with van der Waals surface area (Å²) in [4.78, 5) is 0. The smallest absolute Gasteiger partial charge is 0.230 e. The maximum Gasteiger partial charge on any atom is 0.342 e. The minimum absolute atomic E-state index is 0.195. The molecule has 2 nitrogen and oxygen atoms in total. The van der Waals surface area contributed by atoms with Crippen molar-refractivity contribution in [1.29, 1.82) is 0 Å². The van der Waals surface area contributed by atoms with Gasteiger partial charge >= 0.3 is 19.8 Å². The first kappa shape index (κ1) is 9.22. The van der Waals surface area contributed by atoms with Crippen molar-refractivity contribution < 1.29 is 6.14 Å². The van der Waals surface area contributed by atoms with Crippen LogP contribution in [0.25, 0.3) is 0 Å². The second-order valence-corrected chi connectivity index (χ2v) is 5.02. The second kappa shape index (κ2) is 3.69. The monoisotopic (exact) mass is 304 g/mol. The fourth-order valence-corrected chi connectivity index (χ4v) is 2.45. The fraction of sp³-hybridized carbons (Fsp3) is 0. The van der Waals surface area contributed by atoms with Crippen molar-refractivity contribution in [3.8, 4) is 0 Å². The van der Waals surface area contributed by atoms with Crippen LogP contribution in [0.4, 0.5) is 0 Å². The Bertz CT molecular complexity index is 338. The maximum absolute atomic E-state index is 10.5. The predicted octanol–water partition coefficient (Wildman–Crippen LogP) is 3.36. The van der Waals surface area contributed by atoms with Crippen molar-refractivity contribution in [3.63, 3.8) is 0 Å². The van der Waals surface area contributed by atoms with Gasteiger partial charge in [-0.15, -0.1) is 0 Å². The minimum atomic E-state index is -3.44. The van der Waals surface area contributed by atoms with E-state index in [2.05, 4.69) is 0 Å². The van der Waals surface area contributed by atoms with E-state index in [0.717, 1.165) is 0 Å². The van der Waals surface area contributed by atoms with Crippen LogP contribution in [-0.4, -0.2) is 0 Å². The molecule has 0 fully saturated rings. The molecule has 5 heteroatoms. The molecule has 0 spiro atoms. The van der Waals surface area contributed by atoms with E-state index in [-0.39, 0.29) is 8.59 Å². The SMILES string of the molecule is O=I(=O)c1ccc(Cl)cc1Cl. The first-order chi connectivity index (χ1) is 5.11. The zero-order valence-electron chi connectivity index (χ0n) is 5.18. The number of hydrogen-bond donors (Lipinski definition) is 0. The van der Waals surface area contributed by atoms with E-state index in [1.54, 1.807) is 0 Å². The van der Waals surface area contributed by atoms with Crippen LogP contribution < -0.4 is 0 Å². The Morgan fingerprint density at radius 1 is 1.18 bits per heavy atom. The Hall–Kier alpha value is 0.130. The lowest BCUT2D eigenvalue weighted by Gasteiger charge is -1.93. The molecule has 0 aliphatic heterocycles. The largest absolute Gasteiger partial charge is 0.342 e. The van der Waals surface area contributed by atoms with Crippen LogP contribution in [0.5, 0.6) is 0 Å². The Balaban J connectivity index is 3.31. The van der Waals surface area contributed by atoms with Gasteiger partial charge in [0.1, 0.15) is 0 Å². The van der Waals surface area contributed by atoms with Gasteiger partial charge in [-0.25, -0.2) is 6.14 Å². The Kier molecular flexibility index (Phi) is 3.09. The van der Waals surface area contributed by atoms with Crippen LogP contribution in [0.2, 0.25) is 10.0 Å². The third-order valence-corrected chi connectivity index (χ3v) is 3.80. The van der Waals surface area contributed by atoms with Gasteiger partial charge in [0.2, 0.25) is 0 Å². The summed E-state index contributed by atoms with van der Waals surface area (Å²) in [5.74, 6) is 0. The molecule has 0 saturated heterocycles. The summed E-state index contributed by atoms with van der Waals surface area (Å²) in [5, 5.41) is 0.643. The van der Waals surface area contributed by atoms with Crippen LogP contribution in [0.1, 0.15) is 0 Å². The highest BCUT2D eigenvalue weighted by Gasteiger charge is 2.04. The molecule has 1 rings (SSSR count). The molecule has 0 saturated carbocycles. The van der Waals surface area contributed by atoms with Crippen LogP contribution in [0, 0.1) is 3.57 Å². The van der Waals surface area contributed by atoms with Crippen LogP contribution >= 0.6 is 43.0 Å². The molecular weight excluding hydrogens is 302 g/mol. The molecule has 0 heterocycles. The molecule has 0 aliphatic carbocycles. The Morgan fingerprint density at radius 3 is 2.27 bits per heavy atom. The summed E-state index contributed by atoms with van der Waals surface area (Å²) in [6.45, 7) is 0. The minimum Gasteiger partial charge on any atom is -0.230 e. The van der Waals surface area contributed by atoms with Gasteiger partial charge in [0.15, 0.2) is 0 Å². The Morgan fingerprint density at radius 2 is 1.82 bits per heavy atom. The second-order valence-electron chi connectivity index (χ2n) is 1.78. The average molecular weight is 305 g/mol. The van der Waals surface area contributed by atoms with Gasteiger partial charge in [0.05, 0.1) is 8.59 Å². The standard InChI is InChI=1S/C6H3Cl2IO2/c7-4-1-2-6(9(10)11)5(8)3-4/h1-3H. The molecule has 0 bridgehead atoms. The van der Waals surface area contributed by atoms with Gasteiger partial charge in [-0.3, -0.25) is 0 Å². The summed E-state index contributed by atoms with van der Waals surface area (Å²) >= 11 is 7.69. The first-order valence-electron chi connectivity index (χ1n) is 2.61. The zero-order chi connectivity index (χ0) is 8.43. The van der Waals surface area contributed by atoms with E-state index in [0.29, 0.717) is 5.02 Å². The van der Waals surface area contributed by atoms with Gasteiger partial charge in [0, 0.05) is 5.02 Å². The van der Waals surface area contributed by atoms with E-state index >= 15 is 0 Å².